The maximum atomic E-state index is 12.8. The number of nitrogens with one attached hydrogen (secondary N) is 1. The fourth-order valence-corrected chi connectivity index (χ4v) is 4.30. The predicted octanol–water partition coefficient (Wildman–Crippen LogP) is 3.39. The van der Waals surface area contributed by atoms with Crippen molar-refractivity contribution in [3.63, 3.8) is 0 Å². The maximum absolute atomic E-state index is 12.8. The van der Waals surface area contributed by atoms with Crippen LogP contribution in [0.2, 0.25) is 0 Å². The van der Waals surface area contributed by atoms with Crippen LogP contribution in [0.5, 0.6) is 0 Å². The quantitative estimate of drug-likeness (QED) is 0.683. The molecule has 0 unspecified atom stereocenters. The molecule has 3 N–H and O–H groups in total. The first-order valence-corrected chi connectivity index (χ1v) is 10.9. The third-order valence-electron chi connectivity index (χ3n) is 4.86. The minimum absolute atomic E-state index is 0.0745. The summed E-state index contributed by atoms with van der Waals surface area (Å²) in [6.07, 6.45) is 1.27. The van der Waals surface area contributed by atoms with E-state index in [0.717, 1.165) is 43.2 Å². The van der Waals surface area contributed by atoms with Gasteiger partial charge in [-0.05, 0) is 24.1 Å². The molecular formula is C22H28N4O2S. The van der Waals surface area contributed by atoms with Gasteiger partial charge in [0.1, 0.15) is 0 Å². The molecule has 0 atom stereocenters. The van der Waals surface area contributed by atoms with Crippen molar-refractivity contribution >= 4 is 29.4 Å². The van der Waals surface area contributed by atoms with Crippen molar-refractivity contribution < 1.29 is 9.59 Å². The number of nitrogens with two attached hydrogens (primary N) is 1. The van der Waals surface area contributed by atoms with E-state index in [1.807, 2.05) is 35.2 Å². The first-order valence-electron chi connectivity index (χ1n) is 9.94. The van der Waals surface area contributed by atoms with Crippen molar-refractivity contribution in [3.8, 4) is 0 Å². The molecule has 29 heavy (non-hydrogen) atoms. The third kappa shape index (κ3) is 6.80. The first-order chi connectivity index (χ1) is 14.1. The number of hydrogen-bond donors (Lipinski definition) is 2. The van der Waals surface area contributed by atoms with Gasteiger partial charge in [-0.1, -0.05) is 42.5 Å². The number of nitrogens with zero attached hydrogens (tertiary/aromatic N) is 2. The zero-order valence-corrected chi connectivity index (χ0v) is 17.4. The average Bonchev–Trinajstić information content (AvgIpc) is 2.95. The normalized spacial score (nSPS) is 15.0. The Morgan fingerprint density at radius 1 is 0.966 bits per heavy atom. The molecule has 7 heteroatoms. The van der Waals surface area contributed by atoms with Gasteiger partial charge in [-0.15, -0.1) is 11.8 Å². The maximum Gasteiger partial charge on any atom is 0.321 e. The fourth-order valence-electron chi connectivity index (χ4n) is 3.33. The molecule has 1 fully saturated rings. The summed E-state index contributed by atoms with van der Waals surface area (Å²) in [5, 5.41) is 3.04. The highest BCUT2D eigenvalue weighted by Crippen LogP contribution is 2.27. The van der Waals surface area contributed by atoms with Gasteiger partial charge in [0.2, 0.25) is 5.91 Å². The van der Waals surface area contributed by atoms with E-state index in [-0.39, 0.29) is 11.9 Å². The summed E-state index contributed by atoms with van der Waals surface area (Å²) in [4.78, 5) is 29.0. The number of para-hydroxylation sites is 1. The summed E-state index contributed by atoms with van der Waals surface area (Å²) >= 11 is 1.53. The van der Waals surface area contributed by atoms with Crippen molar-refractivity contribution in [1.29, 1.82) is 0 Å². The number of carbonyl (C=O) groups is 2. The van der Waals surface area contributed by atoms with Gasteiger partial charge < -0.3 is 16.0 Å². The van der Waals surface area contributed by atoms with Gasteiger partial charge in [0.05, 0.1) is 5.69 Å². The van der Waals surface area contributed by atoms with E-state index in [4.69, 9.17) is 5.73 Å². The van der Waals surface area contributed by atoms with Gasteiger partial charge in [-0.25, -0.2) is 4.79 Å². The Kier molecular flexibility index (Phi) is 7.95. The zero-order valence-electron chi connectivity index (χ0n) is 16.5. The van der Waals surface area contributed by atoms with Crippen molar-refractivity contribution in [3.05, 3.63) is 60.2 Å². The highest BCUT2D eigenvalue weighted by Gasteiger charge is 2.20. The number of benzene rings is 2. The largest absolute Gasteiger partial charge is 0.370 e. The Labute approximate surface area is 176 Å². The second kappa shape index (κ2) is 10.9. The third-order valence-corrected chi connectivity index (χ3v) is 5.93. The minimum Gasteiger partial charge on any atom is -0.370 e. The standard InChI is InChI=1S/C22H28N4O2S/c23-21(27)11-16-29-20-10-5-4-9-19(20)24-22(28)26-13-6-12-25(14-15-26)17-18-7-2-1-3-8-18/h1-5,7-10H,6,11-17H2,(H2,23,27)(H,24,28). The number of rotatable bonds is 7. The van der Waals surface area contributed by atoms with Crippen LogP contribution in [0.15, 0.2) is 59.5 Å². The zero-order chi connectivity index (χ0) is 20.5. The molecule has 0 saturated carbocycles. The number of hydrogen-bond acceptors (Lipinski definition) is 4. The molecule has 3 rings (SSSR count). The highest BCUT2D eigenvalue weighted by molar-refractivity contribution is 7.99. The summed E-state index contributed by atoms with van der Waals surface area (Å²) in [6.45, 7) is 4.20. The van der Waals surface area contributed by atoms with E-state index in [1.54, 1.807) is 0 Å². The molecule has 0 aromatic heterocycles. The van der Waals surface area contributed by atoms with E-state index in [2.05, 4.69) is 34.5 Å². The second-order valence-electron chi connectivity index (χ2n) is 7.09. The number of urea groups is 1. The number of carbonyl (C=O) groups excluding carboxylic acids is 2. The first kappa shape index (κ1) is 21.2. The van der Waals surface area contributed by atoms with Gasteiger partial charge in [-0.3, -0.25) is 9.69 Å². The molecule has 154 valence electrons. The smallest absolute Gasteiger partial charge is 0.321 e. The summed E-state index contributed by atoms with van der Waals surface area (Å²) in [5.41, 5.74) is 7.29. The Balaban J connectivity index is 1.54. The summed E-state index contributed by atoms with van der Waals surface area (Å²) in [5.74, 6) is 0.282. The van der Waals surface area contributed by atoms with Gasteiger partial charge in [0, 0.05) is 49.8 Å². The lowest BCUT2D eigenvalue weighted by Gasteiger charge is -2.23. The van der Waals surface area contributed by atoms with Crippen LogP contribution in [0.25, 0.3) is 0 Å². The molecule has 1 aliphatic rings. The molecule has 2 aromatic carbocycles. The molecule has 3 amide bonds. The van der Waals surface area contributed by atoms with Crippen molar-refractivity contribution in [2.75, 3.05) is 37.2 Å². The van der Waals surface area contributed by atoms with Crippen LogP contribution in [0.3, 0.4) is 0 Å². The molecular weight excluding hydrogens is 384 g/mol. The van der Waals surface area contributed by atoms with Gasteiger partial charge in [0.15, 0.2) is 0 Å². The van der Waals surface area contributed by atoms with Crippen molar-refractivity contribution in [1.82, 2.24) is 9.80 Å². The molecule has 1 saturated heterocycles. The van der Waals surface area contributed by atoms with Crippen LogP contribution in [0.4, 0.5) is 10.5 Å². The van der Waals surface area contributed by atoms with Crippen LogP contribution in [-0.2, 0) is 11.3 Å². The lowest BCUT2D eigenvalue weighted by molar-refractivity contribution is -0.117. The Morgan fingerprint density at radius 3 is 2.52 bits per heavy atom. The van der Waals surface area contributed by atoms with Crippen LogP contribution in [-0.4, -0.2) is 53.7 Å². The lowest BCUT2D eigenvalue weighted by atomic mass is 10.2. The van der Waals surface area contributed by atoms with E-state index in [0.29, 0.717) is 18.7 Å². The van der Waals surface area contributed by atoms with E-state index in [9.17, 15) is 9.59 Å². The molecule has 6 nitrogen and oxygen atoms in total. The summed E-state index contributed by atoms with van der Waals surface area (Å²) < 4.78 is 0. The van der Waals surface area contributed by atoms with E-state index < -0.39 is 0 Å². The van der Waals surface area contributed by atoms with Crippen molar-refractivity contribution in [2.45, 2.75) is 24.3 Å². The summed E-state index contributed by atoms with van der Waals surface area (Å²) in [7, 11) is 0. The van der Waals surface area contributed by atoms with E-state index in [1.165, 1.54) is 17.3 Å². The number of amides is 3. The molecule has 0 spiro atoms. The molecule has 1 heterocycles. The SMILES string of the molecule is NC(=O)CCSc1ccccc1NC(=O)N1CCCN(Cc2ccccc2)CC1. The van der Waals surface area contributed by atoms with E-state index >= 15 is 0 Å². The Bertz CT molecular complexity index is 815. The molecule has 0 aliphatic carbocycles. The van der Waals surface area contributed by atoms with Crippen LogP contribution < -0.4 is 11.1 Å². The van der Waals surface area contributed by atoms with Crippen molar-refractivity contribution in [2.24, 2.45) is 5.73 Å². The molecule has 0 radical (unpaired) electrons. The van der Waals surface area contributed by atoms with Gasteiger partial charge >= 0.3 is 6.03 Å². The highest BCUT2D eigenvalue weighted by atomic mass is 32.2. The number of primary amides is 1. The number of thioether (sulfide) groups is 1. The molecule has 1 aliphatic heterocycles. The van der Waals surface area contributed by atoms with Crippen LogP contribution >= 0.6 is 11.8 Å². The van der Waals surface area contributed by atoms with Gasteiger partial charge in [0.25, 0.3) is 0 Å². The predicted molar refractivity (Wildman–Crippen MR) is 118 cm³/mol. The lowest BCUT2D eigenvalue weighted by Crippen LogP contribution is -2.38. The monoisotopic (exact) mass is 412 g/mol. The average molecular weight is 413 g/mol. The van der Waals surface area contributed by atoms with Crippen LogP contribution in [0.1, 0.15) is 18.4 Å². The second-order valence-corrected chi connectivity index (χ2v) is 8.23. The molecule has 2 aromatic rings. The fraction of sp³-hybridized carbons (Fsp3) is 0.364. The Hall–Kier alpha value is -2.51. The topological polar surface area (TPSA) is 78.7 Å². The van der Waals surface area contributed by atoms with Gasteiger partial charge in [-0.2, -0.15) is 0 Å². The van der Waals surface area contributed by atoms with Crippen LogP contribution in [0, 0.1) is 0 Å². The number of anilines is 1. The Morgan fingerprint density at radius 2 is 1.72 bits per heavy atom. The summed E-state index contributed by atoms with van der Waals surface area (Å²) in [6, 6.07) is 18.0. The molecule has 0 bridgehead atoms. The minimum atomic E-state index is -0.316.